The van der Waals surface area contributed by atoms with Crippen molar-refractivity contribution in [1.29, 1.82) is 0 Å². The van der Waals surface area contributed by atoms with Crippen molar-refractivity contribution in [3.63, 3.8) is 0 Å². The van der Waals surface area contributed by atoms with Gasteiger partial charge in [0.25, 0.3) is 0 Å². The molecule has 0 atom stereocenters. The molecular formula is C23H30N2O3S2. The number of ether oxygens (including phenoxy) is 1. The Labute approximate surface area is 187 Å². The van der Waals surface area contributed by atoms with Crippen molar-refractivity contribution in [1.82, 2.24) is 5.32 Å². The van der Waals surface area contributed by atoms with Crippen LogP contribution in [0.1, 0.15) is 44.1 Å². The molecule has 0 aliphatic carbocycles. The maximum absolute atomic E-state index is 12.5. The van der Waals surface area contributed by atoms with Gasteiger partial charge in [0.15, 0.2) is 0 Å². The fourth-order valence-electron chi connectivity index (χ4n) is 3.16. The molecular weight excluding hydrogens is 416 g/mol. The van der Waals surface area contributed by atoms with Gasteiger partial charge in [0.05, 0.1) is 22.3 Å². The van der Waals surface area contributed by atoms with Gasteiger partial charge >= 0.3 is 0 Å². The first-order chi connectivity index (χ1) is 14.5. The highest BCUT2D eigenvalue weighted by molar-refractivity contribution is 8.02. The highest BCUT2D eigenvalue weighted by Gasteiger charge is 2.28. The van der Waals surface area contributed by atoms with Crippen LogP contribution in [0.15, 0.2) is 34.5 Å². The van der Waals surface area contributed by atoms with Gasteiger partial charge in [-0.05, 0) is 42.5 Å². The molecule has 1 N–H and O–H groups in total. The minimum atomic E-state index is -0.152. The molecule has 2 amide bonds. The second kappa shape index (κ2) is 10.9. The Hall–Kier alpha value is -1.99. The van der Waals surface area contributed by atoms with Crippen LogP contribution >= 0.6 is 23.1 Å². The van der Waals surface area contributed by atoms with Crippen molar-refractivity contribution >= 4 is 40.6 Å². The Kier molecular flexibility index (Phi) is 8.22. The molecule has 0 saturated carbocycles. The average Bonchev–Trinajstić information content (AvgIpc) is 3.12. The van der Waals surface area contributed by atoms with Crippen LogP contribution in [-0.2, 0) is 22.6 Å². The topological polar surface area (TPSA) is 58.6 Å². The van der Waals surface area contributed by atoms with Crippen molar-refractivity contribution in [3.05, 3.63) is 40.8 Å². The number of fused-ring (bicyclic) bond motifs is 1. The molecule has 2 aromatic rings. The minimum Gasteiger partial charge on any atom is -0.494 e. The number of amides is 2. The zero-order chi connectivity index (χ0) is 21.5. The lowest BCUT2D eigenvalue weighted by Crippen LogP contribution is -2.42. The molecule has 162 valence electrons. The van der Waals surface area contributed by atoms with Crippen LogP contribution in [0.5, 0.6) is 5.75 Å². The third-order valence-electron chi connectivity index (χ3n) is 4.74. The molecule has 1 aliphatic rings. The molecule has 0 spiro atoms. The van der Waals surface area contributed by atoms with Gasteiger partial charge in [0, 0.05) is 11.4 Å². The van der Waals surface area contributed by atoms with Crippen molar-refractivity contribution in [2.24, 2.45) is 5.92 Å². The number of hydrogen-bond donors (Lipinski definition) is 1. The summed E-state index contributed by atoms with van der Waals surface area (Å²) in [6.07, 6.45) is 3.13. The molecule has 5 nitrogen and oxygen atoms in total. The molecule has 7 heteroatoms. The summed E-state index contributed by atoms with van der Waals surface area (Å²) in [6.45, 7) is 7.72. The summed E-state index contributed by atoms with van der Waals surface area (Å²) in [6, 6.07) is 9.85. The lowest BCUT2D eigenvalue weighted by molar-refractivity contribution is -0.123. The number of thiophene rings is 1. The van der Waals surface area contributed by atoms with E-state index in [-0.39, 0.29) is 18.4 Å². The van der Waals surface area contributed by atoms with E-state index >= 15 is 0 Å². The fraction of sp³-hybridized carbons (Fsp3) is 0.478. The van der Waals surface area contributed by atoms with Crippen molar-refractivity contribution in [2.75, 3.05) is 23.8 Å². The molecule has 1 aliphatic heterocycles. The van der Waals surface area contributed by atoms with E-state index in [0.717, 1.165) is 47.1 Å². The van der Waals surface area contributed by atoms with Gasteiger partial charge in [0.1, 0.15) is 12.3 Å². The predicted octanol–water partition coefficient (Wildman–Crippen LogP) is 4.88. The number of unbranched alkanes of at least 4 members (excludes halogenated alkanes) is 1. The number of benzene rings is 1. The van der Waals surface area contributed by atoms with E-state index < -0.39 is 0 Å². The summed E-state index contributed by atoms with van der Waals surface area (Å²) in [4.78, 5) is 27.9. The first kappa shape index (κ1) is 22.7. The van der Waals surface area contributed by atoms with Gasteiger partial charge in [-0.15, -0.1) is 23.1 Å². The van der Waals surface area contributed by atoms with Crippen LogP contribution in [-0.4, -0.2) is 30.7 Å². The van der Waals surface area contributed by atoms with Crippen LogP contribution in [0.2, 0.25) is 0 Å². The number of thioether (sulfide) groups is 1. The monoisotopic (exact) mass is 446 g/mol. The highest BCUT2D eigenvalue weighted by Crippen LogP contribution is 2.42. The number of carbonyl (C=O) groups is 2. The Morgan fingerprint density at radius 1 is 1.27 bits per heavy atom. The van der Waals surface area contributed by atoms with Gasteiger partial charge in [-0.2, -0.15) is 0 Å². The standard InChI is InChI=1S/C23H30N2O3S2/c1-4-5-10-28-18-8-6-17(7-9-18)13-24-21(26)14-25-20-12-19(11-16(2)3)30-23(20)29-15-22(25)27/h6-9,12,16H,4-5,10-11,13-15H2,1-3H3,(H,24,26). The van der Waals surface area contributed by atoms with Crippen LogP contribution in [0.3, 0.4) is 0 Å². The maximum atomic E-state index is 12.5. The summed E-state index contributed by atoms with van der Waals surface area (Å²) in [7, 11) is 0. The summed E-state index contributed by atoms with van der Waals surface area (Å²) in [5.41, 5.74) is 1.89. The van der Waals surface area contributed by atoms with E-state index in [1.165, 1.54) is 4.88 Å². The summed E-state index contributed by atoms with van der Waals surface area (Å²) in [5.74, 6) is 1.64. The molecule has 30 heavy (non-hydrogen) atoms. The lowest BCUT2D eigenvalue weighted by Gasteiger charge is -2.25. The smallest absolute Gasteiger partial charge is 0.240 e. The van der Waals surface area contributed by atoms with Gasteiger partial charge in [0.2, 0.25) is 11.8 Å². The van der Waals surface area contributed by atoms with E-state index in [2.05, 4.69) is 32.2 Å². The van der Waals surface area contributed by atoms with Crippen molar-refractivity contribution in [3.8, 4) is 5.75 Å². The molecule has 0 unspecified atom stereocenters. The maximum Gasteiger partial charge on any atom is 0.240 e. The summed E-state index contributed by atoms with van der Waals surface area (Å²) < 4.78 is 6.80. The minimum absolute atomic E-state index is 0.00914. The predicted molar refractivity (Wildman–Crippen MR) is 125 cm³/mol. The molecule has 2 heterocycles. The second-order valence-electron chi connectivity index (χ2n) is 7.87. The molecule has 1 aromatic carbocycles. The second-order valence-corrected chi connectivity index (χ2v) is 10.3. The molecule has 0 saturated heterocycles. The van der Waals surface area contributed by atoms with Crippen LogP contribution in [0, 0.1) is 5.92 Å². The number of hydrogen-bond acceptors (Lipinski definition) is 5. The van der Waals surface area contributed by atoms with E-state index in [1.807, 2.05) is 24.3 Å². The Balaban J connectivity index is 1.55. The first-order valence-corrected chi connectivity index (χ1v) is 12.3. The van der Waals surface area contributed by atoms with E-state index in [9.17, 15) is 9.59 Å². The normalized spacial score (nSPS) is 13.5. The molecule has 1 aromatic heterocycles. The summed E-state index contributed by atoms with van der Waals surface area (Å²) in [5, 5.41) is 2.93. The van der Waals surface area contributed by atoms with Gasteiger partial charge in [-0.3, -0.25) is 9.59 Å². The van der Waals surface area contributed by atoms with Crippen LogP contribution in [0.4, 0.5) is 5.69 Å². The highest BCUT2D eigenvalue weighted by atomic mass is 32.2. The number of rotatable bonds is 10. The van der Waals surface area contributed by atoms with Crippen LogP contribution in [0.25, 0.3) is 0 Å². The fourth-order valence-corrected chi connectivity index (χ4v) is 5.72. The van der Waals surface area contributed by atoms with Crippen molar-refractivity contribution in [2.45, 2.75) is 50.8 Å². The van der Waals surface area contributed by atoms with Gasteiger partial charge in [-0.25, -0.2) is 0 Å². The molecule has 3 rings (SSSR count). The van der Waals surface area contributed by atoms with Gasteiger partial charge in [-0.1, -0.05) is 39.3 Å². The summed E-state index contributed by atoms with van der Waals surface area (Å²) >= 11 is 3.32. The SMILES string of the molecule is CCCCOc1ccc(CNC(=O)CN2C(=O)CSc3sc(CC(C)C)cc32)cc1. The zero-order valence-corrected chi connectivity index (χ0v) is 19.5. The Morgan fingerprint density at radius 2 is 2.03 bits per heavy atom. The third-order valence-corrected chi connectivity index (χ3v) is 7.15. The number of carbonyl (C=O) groups excluding carboxylic acids is 2. The lowest BCUT2D eigenvalue weighted by atomic mass is 10.1. The number of anilines is 1. The number of nitrogens with one attached hydrogen (secondary N) is 1. The average molecular weight is 447 g/mol. The largest absolute Gasteiger partial charge is 0.494 e. The van der Waals surface area contributed by atoms with E-state index in [0.29, 0.717) is 18.2 Å². The van der Waals surface area contributed by atoms with Crippen LogP contribution < -0.4 is 15.0 Å². The molecule has 0 radical (unpaired) electrons. The van der Waals surface area contributed by atoms with Crippen molar-refractivity contribution < 1.29 is 14.3 Å². The zero-order valence-electron chi connectivity index (χ0n) is 17.9. The Bertz CT molecular complexity index is 862. The van der Waals surface area contributed by atoms with E-state index in [1.54, 1.807) is 28.0 Å². The van der Waals surface area contributed by atoms with Gasteiger partial charge < -0.3 is 15.0 Å². The number of nitrogens with zero attached hydrogens (tertiary/aromatic N) is 1. The molecule has 0 fully saturated rings. The molecule has 0 bridgehead atoms. The third kappa shape index (κ3) is 6.25. The Morgan fingerprint density at radius 3 is 2.73 bits per heavy atom. The first-order valence-electron chi connectivity index (χ1n) is 10.5. The van der Waals surface area contributed by atoms with E-state index in [4.69, 9.17) is 4.74 Å². The quantitative estimate of drug-likeness (QED) is 0.529.